The van der Waals surface area contributed by atoms with Crippen LogP contribution in [0.2, 0.25) is 0 Å². The molecule has 3 aromatic carbocycles. The van der Waals surface area contributed by atoms with Gasteiger partial charge in [0.15, 0.2) is 0 Å². The second-order valence-corrected chi connectivity index (χ2v) is 12.8. The molecule has 0 unspecified atom stereocenters. The SMILES string of the molecule is Cc1ccc(OCc2nc(-c3ccc(N=Cc4ccc(N5CCC6(CCCCC6)CC5)cc4)cc3)c(C)s2)cc1. The molecular formula is C35H39N3OS. The summed E-state index contributed by atoms with van der Waals surface area (Å²) in [7, 11) is 0. The van der Waals surface area contributed by atoms with Crippen molar-refractivity contribution in [2.45, 2.75) is 65.4 Å². The van der Waals surface area contributed by atoms with Crippen molar-refractivity contribution in [3.05, 3.63) is 93.8 Å². The van der Waals surface area contributed by atoms with E-state index in [2.05, 4.69) is 79.4 Å². The van der Waals surface area contributed by atoms with Crippen LogP contribution in [0.3, 0.4) is 0 Å². The maximum atomic E-state index is 5.94. The molecule has 40 heavy (non-hydrogen) atoms. The number of aromatic nitrogens is 1. The number of benzene rings is 3. The summed E-state index contributed by atoms with van der Waals surface area (Å²) in [6.45, 7) is 7.07. The van der Waals surface area contributed by atoms with Crippen LogP contribution < -0.4 is 9.64 Å². The third-order valence-electron chi connectivity index (χ3n) is 8.72. The molecule has 0 radical (unpaired) electrons. The van der Waals surface area contributed by atoms with Crippen LogP contribution in [0.4, 0.5) is 11.4 Å². The monoisotopic (exact) mass is 549 g/mol. The maximum Gasteiger partial charge on any atom is 0.140 e. The van der Waals surface area contributed by atoms with Gasteiger partial charge in [-0.05, 0) is 86.9 Å². The van der Waals surface area contributed by atoms with Crippen molar-refractivity contribution in [3.8, 4) is 17.0 Å². The Labute approximate surface area is 242 Å². The van der Waals surface area contributed by atoms with E-state index in [4.69, 9.17) is 14.7 Å². The molecule has 1 aromatic heterocycles. The van der Waals surface area contributed by atoms with Crippen molar-refractivity contribution in [2.24, 2.45) is 10.4 Å². The van der Waals surface area contributed by atoms with Crippen molar-refractivity contribution < 1.29 is 4.74 Å². The number of rotatable bonds is 7. The summed E-state index contributed by atoms with van der Waals surface area (Å²) in [6.07, 6.45) is 11.9. The first-order valence-electron chi connectivity index (χ1n) is 14.7. The largest absolute Gasteiger partial charge is 0.486 e. The van der Waals surface area contributed by atoms with Crippen molar-refractivity contribution >= 4 is 28.9 Å². The molecule has 1 saturated heterocycles. The number of aryl methyl sites for hydroxylation is 2. The van der Waals surface area contributed by atoms with E-state index in [-0.39, 0.29) is 0 Å². The average Bonchev–Trinajstić information content (AvgIpc) is 3.37. The molecule has 2 fully saturated rings. The predicted octanol–water partition coefficient (Wildman–Crippen LogP) is 9.31. The molecule has 206 valence electrons. The summed E-state index contributed by atoms with van der Waals surface area (Å²) >= 11 is 1.69. The lowest BCUT2D eigenvalue weighted by molar-refractivity contribution is 0.144. The zero-order valence-electron chi connectivity index (χ0n) is 23.7. The predicted molar refractivity (Wildman–Crippen MR) is 168 cm³/mol. The molecule has 2 aliphatic rings. The molecule has 0 atom stereocenters. The fourth-order valence-electron chi connectivity index (χ4n) is 6.23. The highest BCUT2D eigenvalue weighted by Gasteiger charge is 2.35. The molecule has 6 rings (SSSR count). The molecule has 0 N–H and O–H groups in total. The fraction of sp³-hybridized carbons (Fsp3) is 0.371. The van der Waals surface area contributed by atoms with Gasteiger partial charge in [-0.2, -0.15) is 0 Å². The minimum Gasteiger partial charge on any atom is -0.486 e. The highest BCUT2D eigenvalue weighted by atomic mass is 32.1. The van der Waals surface area contributed by atoms with E-state index in [0.717, 1.165) is 33.3 Å². The second kappa shape index (κ2) is 12.0. The number of hydrogen-bond donors (Lipinski definition) is 0. The highest BCUT2D eigenvalue weighted by Crippen LogP contribution is 2.45. The highest BCUT2D eigenvalue weighted by molar-refractivity contribution is 7.12. The second-order valence-electron chi connectivity index (χ2n) is 11.6. The quantitative estimate of drug-likeness (QED) is 0.216. The number of aliphatic imine (C=N–C) groups is 1. The molecule has 5 heteroatoms. The summed E-state index contributed by atoms with van der Waals surface area (Å²) in [5, 5.41) is 0.983. The summed E-state index contributed by atoms with van der Waals surface area (Å²) in [5.41, 5.74) is 7.41. The Morgan fingerprint density at radius 1 is 0.850 bits per heavy atom. The third-order valence-corrected chi connectivity index (χ3v) is 9.67. The van der Waals surface area contributed by atoms with E-state index in [0.29, 0.717) is 12.0 Å². The van der Waals surface area contributed by atoms with Crippen molar-refractivity contribution in [3.63, 3.8) is 0 Å². The van der Waals surface area contributed by atoms with Crippen LogP contribution in [0, 0.1) is 19.3 Å². The van der Waals surface area contributed by atoms with E-state index in [1.54, 1.807) is 11.3 Å². The van der Waals surface area contributed by atoms with E-state index >= 15 is 0 Å². The third kappa shape index (κ3) is 6.31. The lowest BCUT2D eigenvalue weighted by atomic mass is 9.68. The van der Waals surface area contributed by atoms with Gasteiger partial charge >= 0.3 is 0 Å². The number of piperidine rings is 1. The summed E-state index contributed by atoms with van der Waals surface area (Å²) in [5.74, 6) is 0.871. The van der Waals surface area contributed by atoms with Gasteiger partial charge in [0.05, 0.1) is 11.4 Å². The molecule has 1 saturated carbocycles. The average molecular weight is 550 g/mol. The maximum absolute atomic E-state index is 5.94. The van der Waals surface area contributed by atoms with Gasteiger partial charge in [0.2, 0.25) is 0 Å². The van der Waals surface area contributed by atoms with Crippen LogP contribution in [0.15, 0.2) is 77.8 Å². The molecule has 1 aliphatic carbocycles. The Morgan fingerprint density at radius 3 is 2.25 bits per heavy atom. The first-order valence-corrected chi connectivity index (χ1v) is 15.5. The normalized spacial score (nSPS) is 17.0. The Bertz CT molecular complexity index is 1420. The summed E-state index contributed by atoms with van der Waals surface area (Å²) in [6, 6.07) is 25.4. The van der Waals surface area contributed by atoms with Crippen LogP contribution in [-0.4, -0.2) is 24.3 Å². The van der Waals surface area contributed by atoms with Gasteiger partial charge in [-0.3, -0.25) is 4.99 Å². The van der Waals surface area contributed by atoms with Gasteiger partial charge in [0.25, 0.3) is 0 Å². The smallest absolute Gasteiger partial charge is 0.140 e. The first kappa shape index (κ1) is 26.8. The molecule has 2 heterocycles. The van der Waals surface area contributed by atoms with Gasteiger partial charge in [-0.15, -0.1) is 11.3 Å². The molecule has 0 amide bonds. The van der Waals surface area contributed by atoms with E-state index in [1.807, 2.05) is 18.3 Å². The topological polar surface area (TPSA) is 37.7 Å². The van der Waals surface area contributed by atoms with E-state index in [9.17, 15) is 0 Å². The van der Waals surface area contributed by atoms with Gasteiger partial charge in [0, 0.05) is 35.4 Å². The van der Waals surface area contributed by atoms with E-state index in [1.165, 1.54) is 74.2 Å². The van der Waals surface area contributed by atoms with Crippen LogP contribution in [0.5, 0.6) is 5.75 Å². The number of thiazole rings is 1. The van der Waals surface area contributed by atoms with Gasteiger partial charge in [-0.1, -0.05) is 61.2 Å². The lowest BCUT2D eigenvalue weighted by Gasteiger charge is -2.45. The van der Waals surface area contributed by atoms with Crippen molar-refractivity contribution in [2.75, 3.05) is 18.0 Å². The van der Waals surface area contributed by atoms with Crippen LogP contribution in [0.25, 0.3) is 11.3 Å². The minimum absolute atomic E-state index is 0.480. The Balaban J connectivity index is 1.04. The molecule has 1 aliphatic heterocycles. The minimum atomic E-state index is 0.480. The molecule has 4 nitrogen and oxygen atoms in total. The zero-order chi connectivity index (χ0) is 27.4. The Kier molecular flexibility index (Phi) is 8.01. The Hall–Kier alpha value is -3.44. The van der Waals surface area contributed by atoms with E-state index < -0.39 is 0 Å². The van der Waals surface area contributed by atoms with Gasteiger partial charge in [-0.25, -0.2) is 4.98 Å². The zero-order valence-corrected chi connectivity index (χ0v) is 24.6. The summed E-state index contributed by atoms with van der Waals surface area (Å²) < 4.78 is 5.94. The molecule has 0 bridgehead atoms. The molecule has 1 spiro atoms. The molecule has 4 aromatic rings. The van der Waals surface area contributed by atoms with Crippen LogP contribution >= 0.6 is 11.3 Å². The standard InChI is InChI=1S/C35H39N3OS/c1-26-6-16-32(17-7-26)39-25-33-37-34(27(2)40-33)29-10-12-30(13-11-29)36-24-28-8-14-31(15-9-28)38-22-20-35(21-23-38)18-4-3-5-19-35/h6-17,24H,3-5,18-23,25H2,1-2H3. The fourth-order valence-corrected chi connectivity index (χ4v) is 7.10. The van der Waals surface area contributed by atoms with Crippen LogP contribution in [-0.2, 0) is 6.61 Å². The van der Waals surface area contributed by atoms with Gasteiger partial charge in [0.1, 0.15) is 17.4 Å². The molecular weight excluding hydrogens is 510 g/mol. The van der Waals surface area contributed by atoms with Gasteiger partial charge < -0.3 is 9.64 Å². The first-order chi connectivity index (χ1) is 19.6. The number of ether oxygens (including phenoxy) is 1. The van der Waals surface area contributed by atoms with Crippen molar-refractivity contribution in [1.82, 2.24) is 4.98 Å². The summed E-state index contributed by atoms with van der Waals surface area (Å²) in [4.78, 5) is 13.4. The number of hydrogen-bond acceptors (Lipinski definition) is 5. The number of anilines is 1. The number of nitrogens with zero attached hydrogens (tertiary/aromatic N) is 3. The lowest BCUT2D eigenvalue weighted by Crippen LogP contribution is -2.41. The van der Waals surface area contributed by atoms with Crippen molar-refractivity contribution in [1.29, 1.82) is 0 Å². The van der Waals surface area contributed by atoms with Crippen LogP contribution in [0.1, 0.15) is 66.0 Å². The Morgan fingerprint density at radius 2 is 1.55 bits per heavy atom.